The number of fused-ring (bicyclic) bond motifs is 1. The fourth-order valence-corrected chi connectivity index (χ4v) is 2.90. The molecule has 1 amide bonds. The van der Waals surface area contributed by atoms with Gasteiger partial charge in [0.15, 0.2) is 0 Å². The molecule has 0 spiro atoms. The SMILES string of the molecule is O=C(/C=C/c1ccccc1C(F)(F)F)Nc1ccc2c(c1)CCC2. The van der Waals surface area contributed by atoms with Crippen LogP contribution < -0.4 is 5.32 Å². The van der Waals surface area contributed by atoms with E-state index in [9.17, 15) is 18.0 Å². The van der Waals surface area contributed by atoms with Crippen molar-refractivity contribution in [1.82, 2.24) is 0 Å². The van der Waals surface area contributed by atoms with Crippen LogP contribution in [0.4, 0.5) is 18.9 Å². The van der Waals surface area contributed by atoms with Gasteiger partial charge in [0, 0.05) is 11.8 Å². The van der Waals surface area contributed by atoms with Gasteiger partial charge in [0.2, 0.25) is 5.91 Å². The minimum Gasteiger partial charge on any atom is -0.323 e. The summed E-state index contributed by atoms with van der Waals surface area (Å²) in [7, 11) is 0. The minimum absolute atomic E-state index is 0.0332. The van der Waals surface area contributed by atoms with Gasteiger partial charge in [-0.2, -0.15) is 13.2 Å². The second-order valence-corrected chi connectivity index (χ2v) is 5.74. The van der Waals surface area contributed by atoms with E-state index in [1.807, 2.05) is 18.2 Å². The number of carbonyl (C=O) groups excluding carboxylic acids is 1. The van der Waals surface area contributed by atoms with Gasteiger partial charge in [0.05, 0.1) is 5.56 Å². The summed E-state index contributed by atoms with van der Waals surface area (Å²) in [6, 6.07) is 10.9. The lowest BCUT2D eigenvalue weighted by Gasteiger charge is -2.09. The maximum Gasteiger partial charge on any atom is 0.416 e. The highest BCUT2D eigenvalue weighted by Crippen LogP contribution is 2.32. The molecular formula is C19H16F3NO. The van der Waals surface area contributed by atoms with E-state index in [2.05, 4.69) is 5.32 Å². The molecule has 0 unspecified atom stereocenters. The Balaban J connectivity index is 1.72. The van der Waals surface area contributed by atoms with Crippen LogP contribution in [0.3, 0.4) is 0 Å². The molecule has 0 fully saturated rings. The Hall–Kier alpha value is -2.56. The zero-order chi connectivity index (χ0) is 17.2. The van der Waals surface area contributed by atoms with Crippen LogP contribution in [0.15, 0.2) is 48.5 Å². The lowest BCUT2D eigenvalue weighted by atomic mass is 10.1. The number of nitrogens with one attached hydrogen (secondary N) is 1. The summed E-state index contributed by atoms with van der Waals surface area (Å²) in [5, 5.41) is 2.69. The normalized spacial score (nSPS) is 14.0. The second kappa shape index (κ2) is 6.51. The molecule has 124 valence electrons. The monoisotopic (exact) mass is 331 g/mol. The quantitative estimate of drug-likeness (QED) is 0.801. The molecule has 0 aliphatic heterocycles. The number of amides is 1. The van der Waals surface area contributed by atoms with E-state index < -0.39 is 17.6 Å². The van der Waals surface area contributed by atoms with Crippen molar-refractivity contribution in [1.29, 1.82) is 0 Å². The number of aryl methyl sites for hydroxylation is 2. The van der Waals surface area contributed by atoms with E-state index in [1.54, 1.807) is 0 Å². The topological polar surface area (TPSA) is 29.1 Å². The van der Waals surface area contributed by atoms with Crippen molar-refractivity contribution in [2.75, 3.05) is 5.32 Å². The van der Waals surface area contributed by atoms with Gasteiger partial charge in [-0.05, 0) is 60.2 Å². The Morgan fingerprint density at radius 2 is 1.79 bits per heavy atom. The molecule has 24 heavy (non-hydrogen) atoms. The number of hydrogen-bond acceptors (Lipinski definition) is 1. The third-order valence-corrected chi connectivity index (χ3v) is 4.05. The van der Waals surface area contributed by atoms with Crippen molar-refractivity contribution in [2.24, 2.45) is 0 Å². The van der Waals surface area contributed by atoms with Gasteiger partial charge >= 0.3 is 6.18 Å². The maximum absolute atomic E-state index is 12.9. The molecule has 2 nitrogen and oxygen atoms in total. The van der Waals surface area contributed by atoms with Crippen molar-refractivity contribution < 1.29 is 18.0 Å². The third-order valence-electron chi connectivity index (χ3n) is 4.05. The van der Waals surface area contributed by atoms with E-state index in [4.69, 9.17) is 0 Å². The molecule has 0 aromatic heterocycles. The fraction of sp³-hybridized carbons (Fsp3) is 0.211. The van der Waals surface area contributed by atoms with E-state index in [0.29, 0.717) is 5.69 Å². The zero-order valence-electron chi connectivity index (χ0n) is 12.9. The number of rotatable bonds is 3. The zero-order valence-corrected chi connectivity index (χ0v) is 12.9. The lowest BCUT2D eigenvalue weighted by molar-refractivity contribution is -0.137. The molecule has 0 saturated heterocycles. The van der Waals surface area contributed by atoms with Gasteiger partial charge in [-0.1, -0.05) is 24.3 Å². The summed E-state index contributed by atoms with van der Waals surface area (Å²) in [6.45, 7) is 0. The fourth-order valence-electron chi connectivity index (χ4n) is 2.90. The first-order valence-electron chi connectivity index (χ1n) is 7.70. The number of halogens is 3. The Morgan fingerprint density at radius 1 is 1.04 bits per heavy atom. The largest absolute Gasteiger partial charge is 0.416 e. The molecule has 0 bridgehead atoms. The molecule has 2 aromatic carbocycles. The number of carbonyl (C=O) groups is 1. The average Bonchev–Trinajstić information content (AvgIpc) is 3.00. The smallest absolute Gasteiger partial charge is 0.323 e. The second-order valence-electron chi connectivity index (χ2n) is 5.74. The van der Waals surface area contributed by atoms with Gasteiger partial charge in [-0.15, -0.1) is 0 Å². The average molecular weight is 331 g/mol. The molecule has 1 aliphatic rings. The van der Waals surface area contributed by atoms with Crippen LogP contribution in [0.2, 0.25) is 0 Å². The highest BCUT2D eigenvalue weighted by molar-refractivity contribution is 6.02. The molecule has 5 heteroatoms. The molecule has 0 atom stereocenters. The molecule has 0 heterocycles. The Bertz CT molecular complexity index is 793. The lowest BCUT2D eigenvalue weighted by Crippen LogP contribution is -2.09. The summed E-state index contributed by atoms with van der Waals surface area (Å²) < 4.78 is 38.7. The van der Waals surface area contributed by atoms with E-state index >= 15 is 0 Å². The van der Waals surface area contributed by atoms with Gasteiger partial charge in [-0.25, -0.2) is 0 Å². The molecular weight excluding hydrogens is 315 g/mol. The van der Waals surface area contributed by atoms with Crippen LogP contribution in [0, 0.1) is 0 Å². The van der Waals surface area contributed by atoms with Crippen molar-refractivity contribution >= 4 is 17.7 Å². The van der Waals surface area contributed by atoms with Crippen LogP contribution >= 0.6 is 0 Å². The van der Waals surface area contributed by atoms with Crippen molar-refractivity contribution in [3.63, 3.8) is 0 Å². The van der Waals surface area contributed by atoms with Gasteiger partial charge in [-0.3, -0.25) is 4.79 Å². The summed E-state index contributed by atoms with van der Waals surface area (Å²) in [6.07, 6.45) is 1.02. The summed E-state index contributed by atoms with van der Waals surface area (Å²) >= 11 is 0. The number of hydrogen-bond donors (Lipinski definition) is 1. The summed E-state index contributed by atoms with van der Waals surface area (Å²) in [5.74, 6) is -0.454. The van der Waals surface area contributed by atoms with Crippen LogP contribution in [0.5, 0.6) is 0 Å². The van der Waals surface area contributed by atoms with Gasteiger partial charge in [0.1, 0.15) is 0 Å². The summed E-state index contributed by atoms with van der Waals surface area (Å²) in [5.41, 5.74) is 2.39. The van der Waals surface area contributed by atoms with Gasteiger partial charge in [0.25, 0.3) is 0 Å². The van der Waals surface area contributed by atoms with Crippen LogP contribution in [0.1, 0.15) is 28.7 Å². The highest BCUT2D eigenvalue weighted by atomic mass is 19.4. The number of benzene rings is 2. The number of anilines is 1. The standard InChI is InChI=1S/C19H16F3NO/c20-19(21,22)17-7-2-1-4-14(17)9-11-18(24)23-16-10-8-13-5-3-6-15(13)12-16/h1-2,4,7-12H,3,5-6H2,(H,23,24)/b11-9+. The number of alkyl halides is 3. The minimum atomic E-state index is -4.45. The molecule has 1 aliphatic carbocycles. The van der Waals surface area contributed by atoms with E-state index in [0.717, 1.165) is 31.4 Å². The predicted molar refractivity (Wildman–Crippen MR) is 87.6 cm³/mol. The molecule has 0 radical (unpaired) electrons. The molecule has 2 aromatic rings. The Kier molecular flexibility index (Phi) is 4.42. The first kappa shape index (κ1) is 16.3. The molecule has 1 N–H and O–H groups in total. The van der Waals surface area contributed by atoms with Crippen LogP contribution in [-0.2, 0) is 23.8 Å². The van der Waals surface area contributed by atoms with Crippen molar-refractivity contribution in [3.05, 3.63) is 70.8 Å². The first-order valence-corrected chi connectivity index (χ1v) is 7.70. The highest BCUT2D eigenvalue weighted by Gasteiger charge is 2.32. The van der Waals surface area contributed by atoms with Crippen molar-refractivity contribution in [2.45, 2.75) is 25.4 Å². The third kappa shape index (κ3) is 3.67. The molecule has 0 saturated carbocycles. The van der Waals surface area contributed by atoms with Crippen LogP contribution in [-0.4, -0.2) is 5.91 Å². The maximum atomic E-state index is 12.9. The Morgan fingerprint density at radius 3 is 2.58 bits per heavy atom. The predicted octanol–water partition coefficient (Wildman–Crippen LogP) is 4.85. The molecule has 3 rings (SSSR count). The van der Waals surface area contributed by atoms with Crippen LogP contribution in [0.25, 0.3) is 6.08 Å². The van der Waals surface area contributed by atoms with E-state index in [-0.39, 0.29) is 5.56 Å². The van der Waals surface area contributed by atoms with Gasteiger partial charge < -0.3 is 5.32 Å². The first-order chi connectivity index (χ1) is 11.4. The Labute approximate surface area is 138 Å². The summed E-state index contributed by atoms with van der Waals surface area (Å²) in [4.78, 5) is 12.0. The van der Waals surface area contributed by atoms with Crippen molar-refractivity contribution in [3.8, 4) is 0 Å². The van der Waals surface area contributed by atoms with E-state index in [1.165, 1.54) is 35.4 Å².